The molecule has 0 aliphatic rings. The molecule has 2 aromatic rings. The van der Waals surface area contributed by atoms with Gasteiger partial charge in [0.15, 0.2) is 11.5 Å². The molecule has 2 rings (SSSR count). The highest BCUT2D eigenvalue weighted by atomic mass is 16.6. The van der Waals surface area contributed by atoms with Crippen molar-refractivity contribution in [3.8, 4) is 17.2 Å². The molecule has 8 nitrogen and oxygen atoms in total. The summed E-state index contributed by atoms with van der Waals surface area (Å²) in [5, 5.41) is 11.1. The summed E-state index contributed by atoms with van der Waals surface area (Å²) in [5.41, 5.74) is 0.0354. The fourth-order valence-electron chi connectivity index (χ4n) is 1.95. The SMILES string of the molecule is COC(=O)c1ccc(Oc2ccc(C=O)cc2[N+](=O)[O-])c(OC)c1. The van der Waals surface area contributed by atoms with Gasteiger partial charge in [0.05, 0.1) is 24.7 Å². The van der Waals surface area contributed by atoms with Gasteiger partial charge in [-0.15, -0.1) is 0 Å². The lowest BCUT2D eigenvalue weighted by atomic mass is 10.2. The van der Waals surface area contributed by atoms with Gasteiger partial charge in [-0.3, -0.25) is 14.9 Å². The average Bonchev–Trinajstić information content (AvgIpc) is 2.61. The Labute approximate surface area is 136 Å². The summed E-state index contributed by atoms with van der Waals surface area (Å²) in [6.45, 7) is 0. The number of ether oxygens (including phenoxy) is 3. The van der Waals surface area contributed by atoms with Gasteiger partial charge in [-0.1, -0.05) is 0 Å². The van der Waals surface area contributed by atoms with Gasteiger partial charge in [-0.25, -0.2) is 4.79 Å². The molecule has 24 heavy (non-hydrogen) atoms. The summed E-state index contributed by atoms with van der Waals surface area (Å²) < 4.78 is 15.3. The van der Waals surface area contributed by atoms with Gasteiger partial charge in [-0.2, -0.15) is 0 Å². The second-order valence-corrected chi connectivity index (χ2v) is 4.56. The third-order valence-corrected chi connectivity index (χ3v) is 3.12. The first kappa shape index (κ1) is 16.9. The minimum atomic E-state index is -0.655. The second-order valence-electron chi connectivity index (χ2n) is 4.56. The van der Waals surface area contributed by atoms with Crippen LogP contribution >= 0.6 is 0 Å². The zero-order valence-corrected chi connectivity index (χ0v) is 12.8. The molecule has 8 heteroatoms. The molecule has 0 unspecified atom stereocenters. The first-order valence-corrected chi connectivity index (χ1v) is 6.68. The molecule has 0 radical (unpaired) electrons. The number of esters is 1. The van der Waals surface area contributed by atoms with Crippen molar-refractivity contribution in [1.29, 1.82) is 0 Å². The fraction of sp³-hybridized carbons (Fsp3) is 0.125. The van der Waals surface area contributed by atoms with E-state index in [1.807, 2.05) is 0 Å². The largest absolute Gasteiger partial charge is 0.493 e. The van der Waals surface area contributed by atoms with Crippen LogP contribution in [-0.4, -0.2) is 31.4 Å². The maximum Gasteiger partial charge on any atom is 0.337 e. The molecule has 0 aliphatic heterocycles. The topological polar surface area (TPSA) is 105 Å². The number of carbonyl (C=O) groups excluding carboxylic acids is 2. The van der Waals surface area contributed by atoms with Crippen molar-refractivity contribution in [2.45, 2.75) is 0 Å². The number of rotatable bonds is 6. The van der Waals surface area contributed by atoms with E-state index in [1.165, 1.54) is 44.6 Å². The van der Waals surface area contributed by atoms with Gasteiger partial charge >= 0.3 is 11.7 Å². The van der Waals surface area contributed by atoms with Crippen LogP contribution in [0.2, 0.25) is 0 Å². The molecule has 0 heterocycles. The highest BCUT2D eigenvalue weighted by Crippen LogP contribution is 2.37. The smallest absolute Gasteiger partial charge is 0.337 e. The minimum absolute atomic E-state index is 0.0604. The maximum atomic E-state index is 11.5. The molecule has 0 saturated carbocycles. The third kappa shape index (κ3) is 3.49. The van der Waals surface area contributed by atoms with E-state index in [0.717, 1.165) is 6.07 Å². The van der Waals surface area contributed by atoms with Gasteiger partial charge in [0.25, 0.3) is 0 Å². The van der Waals surface area contributed by atoms with Crippen LogP contribution in [0.1, 0.15) is 20.7 Å². The summed E-state index contributed by atoms with van der Waals surface area (Å²) in [7, 11) is 2.62. The van der Waals surface area contributed by atoms with E-state index in [0.29, 0.717) is 6.29 Å². The number of nitro groups is 1. The molecule has 0 saturated heterocycles. The lowest BCUT2D eigenvalue weighted by Gasteiger charge is -2.11. The summed E-state index contributed by atoms with van der Waals surface area (Å²) in [6.07, 6.45) is 0.502. The van der Waals surface area contributed by atoms with Gasteiger partial charge in [0.2, 0.25) is 5.75 Å². The van der Waals surface area contributed by atoms with E-state index >= 15 is 0 Å². The maximum absolute atomic E-state index is 11.5. The minimum Gasteiger partial charge on any atom is -0.493 e. The van der Waals surface area contributed by atoms with Gasteiger partial charge in [0, 0.05) is 11.6 Å². The molecule has 0 aliphatic carbocycles. The lowest BCUT2D eigenvalue weighted by molar-refractivity contribution is -0.385. The Morgan fingerprint density at radius 3 is 2.38 bits per heavy atom. The Bertz CT molecular complexity index is 801. The second kappa shape index (κ2) is 7.23. The standard InChI is InChI=1S/C16H13NO7/c1-22-15-8-11(16(19)23-2)4-6-14(15)24-13-5-3-10(9-18)7-12(13)17(20)21/h3-9H,1-2H3. The van der Waals surface area contributed by atoms with Crippen LogP contribution in [0.15, 0.2) is 36.4 Å². The Kier molecular flexibility index (Phi) is 5.10. The van der Waals surface area contributed by atoms with Crippen LogP contribution in [-0.2, 0) is 4.74 Å². The van der Waals surface area contributed by atoms with Crippen LogP contribution in [0.4, 0.5) is 5.69 Å². The molecule has 2 aromatic carbocycles. The first-order chi connectivity index (χ1) is 11.5. The summed E-state index contributed by atoms with van der Waals surface area (Å²) in [5.74, 6) is -0.241. The monoisotopic (exact) mass is 331 g/mol. The fourth-order valence-corrected chi connectivity index (χ4v) is 1.95. The van der Waals surface area contributed by atoms with Crippen molar-refractivity contribution in [2.75, 3.05) is 14.2 Å². The number of methoxy groups -OCH3 is 2. The quantitative estimate of drug-likeness (QED) is 0.347. The number of carbonyl (C=O) groups is 2. The van der Waals surface area contributed by atoms with Crippen molar-refractivity contribution < 1.29 is 28.7 Å². The van der Waals surface area contributed by atoms with Crippen molar-refractivity contribution in [2.24, 2.45) is 0 Å². The van der Waals surface area contributed by atoms with E-state index in [4.69, 9.17) is 9.47 Å². The summed E-state index contributed by atoms with van der Waals surface area (Å²) >= 11 is 0. The first-order valence-electron chi connectivity index (χ1n) is 6.68. The lowest BCUT2D eigenvalue weighted by Crippen LogP contribution is -2.02. The molecule has 0 fully saturated rings. The van der Waals surface area contributed by atoms with E-state index in [9.17, 15) is 19.7 Å². The van der Waals surface area contributed by atoms with Crippen LogP contribution in [0.5, 0.6) is 17.2 Å². The average molecular weight is 331 g/mol. The molecular formula is C16H13NO7. The highest BCUT2D eigenvalue weighted by molar-refractivity contribution is 5.90. The number of hydrogen-bond acceptors (Lipinski definition) is 7. The van der Waals surface area contributed by atoms with Gasteiger partial charge in [-0.05, 0) is 30.3 Å². The molecular weight excluding hydrogens is 318 g/mol. The Balaban J connectivity index is 2.42. The third-order valence-electron chi connectivity index (χ3n) is 3.12. The molecule has 0 spiro atoms. The summed E-state index contributed by atoms with van der Waals surface area (Å²) in [4.78, 5) is 32.8. The van der Waals surface area contributed by atoms with Gasteiger partial charge in [0.1, 0.15) is 6.29 Å². The highest BCUT2D eigenvalue weighted by Gasteiger charge is 2.19. The predicted octanol–water partition coefficient (Wildman–Crippen LogP) is 2.99. The molecule has 0 atom stereocenters. The van der Waals surface area contributed by atoms with E-state index < -0.39 is 10.9 Å². The number of benzene rings is 2. The molecule has 0 bridgehead atoms. The molecule has 0 aromatic heterocycles. The van der Waals surface area contributed by atoms with E-state index in [-0.39, 0.29) is 34.1 Å². The normalized spacial score (nSPS) is 9.92. The predicted molar refractivity (Wildman–Crippen MR) is 82.9 cm³/mol. The Morgan fingerprint density at radius 1 is 1.08 bits per heavy atom. The van der Waals surface area contributed by atoms with Gasteiger partial charge < -0.3 is 14.2 Å². The van der Waals surface area contributed by atoms with Crippen LogP contribution < -0.4 is 9.47 Å². The molecule has 0 amide bonds. The number of nitro benzene ring substituents is 1. The zero-order valence-electron chi connectivity index (χ0n) is 12.8. The number of hydrogen-bond donors (Lipinski definition) is 0. The van der Waals surface area contributed by atoms with Crippen molar-refractivity contribution in [1.82, 2.24) is 0 Å². The molecule has 124 valence electrons. The summed E-state index contributed by atoms with van der Waals surface area (Å²) in [6, 6.07) is 8.09. The van der Waals surface area contributed by atoms with Crippen molar-refractivity contribution in [3.05, 3.63) is 57.6 Å². The van der Waals surface area contributed by atoms with Crippen LogP contribution in [0.3, 0.4) is 0 Å². The number of nitrogens with zero attached hydrogens (tertiary/aromatic N) is 1. The zero-order chi connectivity index (χ0) is 17.7. The van der Waals surface area contributed by atoms with E-state index in [2.05, 4.69) is 4.74 Å². The Hall–Kier alpha value is -3.42. The van der Waals surface area contributed by atoms with Crippen LogP contribution in [0.25, 0.3) is 0 Å². The van der Waals surface area contributed by atoms with Crippen molar-refractivity contribution >= 4 is 17.9 Å². The molecule has 0 N–H and O–H groups in total. The van der Waals surface area contributed by atoms with E-state index in [1.54, 1.807) is 0 Å². The van der Waals surface area contributed by atoms with Crippen LogP contribution in [0, 0.1) is 10.1 Å². The van der Waals surface area contributed by atoms with Crippen molar-refractivity contribution in [3.63, 3.8) is 0 Å². The number of aldehydes is 1. The Morgan fingerprint density at radius 2 is 1.79 bits per heavy atom.